The van der Waals surface area contributed by atoms with E-state index in [1.165, 1.54) is 32.1 Å². The summed E-state index contributed by atoms with van der Waals surface area (Å²) in [5.41, 5.74) is 2.17. The van der Waals surface area contributed by atoms with Crippen LogP contribution in [0.3, 0.4) is 0 Å². The molecule has 2 unspecified atom stereocenters. The third-order valence-corrected chi connectivity index (χ3v) is 6.82. The van der Waals surface area contributed by atoms with Crippen molar-refractivity contribution in [3.8, 4) is 0 Å². The highest BCUT2D eigenvalue weighted by atomic mass is 16.2. The van der Waals surface area contributed by atoms with E-state index in [2.05, 4.69) is 25.8 Å². The fraction of sp³-hybridized carbons (Fsp3) is 0.619. The lowest BCUT2D eigenvalue weighted by Crippen LogP contribution is -2.47. The van der Waals surface area contributed by atoms with Gasteiger partial charge in [0.15, 0.2) is 0 Å². The predicted octanol–water partition coefficient (Wildman–Crippen LogP) is 3.56. The van der Waals surface area contributed by atoms with Crippen LogP contribution in [0.4, 0.5) is 4.79 Å². The number of imidazole rings is 1. The topological polar surface area (TPSA) is 50.2 Å². The minimum atomic E-state index is 0.144. The third kappa shape index (κ3) is 2.78. The van der Waals surface area contributed by atoms with Gasteiger partial charge >= 0.3 is 6.03 Å². The number of aromatic nitrogens is 2. The number of carbonyl (C=O) groups is 1. The number of para-hydroxylation sites is 2. The largest absolute Gasteiger partial charge is 0.336 e. The van der Waals surface area contributed by atoms with Gasteiger partial charge < -0.3 is 14.8 Å². The molecule has 0 radical (unpaired) electrons. The molecule has 2 aromatic rings. The van der Waals surface area contributed by atoms with E-state index in [1.54, 1.807) is 0 Å². The molecule has 3 heterocycles. The van der Waals surface area contributed by atoms with E-state index in [1.807, 2.05) is 25.1 Å². The number of nitrogens with one attached hydrogen (secondary N) is 1. The number of nitrogens with zero attached hydrogens (tertiary/aromatic N) is 3. The van der Waals surface area contributed by atoms with Crippen LogP contribution in [0.15, 0.2) is 24.3 Å². The molecule has 1 aromatic carbocycles. The minimum absolute atomic E-state index is 0.144. The molecular formula is C21H28N4O. The van der Waals surface area contributed by atoms with Crippen LogP contribution in [0.25, 0.3) is 11.0 Å². The Labute approximate surface area is 154 Å². The molecule has 1 N–H and O–H groups in total. The van der Waals surface area contributed by atoms with Crippen molar-refractivity contribution in [1.29, 1.82) is 0 Å². The molecule has 4 fully saturated rings. The molecular weight excluding hydrogens is 324 g/mol. The molecule has 4 bridgehead atoms. The summed E-state index contributed by atoms with van der Waals surface area (Å²) < 4.78 is 2.20. The first-order chi connectivity index (χ1) is 12.7. The normalized spacial score (nSPS) is 30.0. The monoisotopic (exact) mass is 352 g/mol. The number of urea groups is 1. The van der Waals surface area contributed by atoms with Gasteiger partial charge in [-0.15, -0.1) is 0 Å². The molecule has 4 aliphatic rings. The van der Waals surface area contributed by atoms with Crippen molar-refractivity contribution in [2.24, 2.45) is 17.8 Å². The van der Waals surface area contributed by atoms with Gasteiger partial charge in [0.1, 0.15) is 5.82 Å². The Bertz CT molecular complexity index is 815. The second-order valence-electron chi connectivity index (χ2n) is 8.61. The lowest BCUT2D eigenvalue weighted by atomic mass is 9.68. The van der Waals surface area contributed by atoms with Crippen molar-refractivity contribution in [3.63, 3.8) is 0 Å². The standard InChI is InChI=1S/C21H28N4O/c1-14-23-19-4-2-3-5-20(19)24(14)7-6-22-21(26)25-13-17-9-15-8-16(10-17)12-18(25)11-15/h2-5,15-18H,6-13H2,1H3,(H,22,26). The Hall–Kier alpha value is -2.04. The summed E-state index contributed by atoms with van der Waals surface area (Å²) in [6, 6.07) is 8.82. The van der Waals surface area contributed by atoms with E-state index in [4.69, 9.17) is 0 Å². The van der Waals surface area contributed by atoms with E-state index in [9.17, 15) is 4.79 Å². The average molecular weight is 352 g/mol. The van der Waals surface area contributed by atoms with Crippen LogP contribution in [0.5, 0.6) is 0 Å². The van der Waals surface area contributed by atoms with Crippen LogP contribution in [-0.4, -0.2) is 39.6 Å². The van der Waals surface area contributed by atoms with Gasteiger partial charge in [0.05, 0.1) is 11.0 Å². The van der Waals surface area contributed by atoms with Crippen molar-refractivity contribution in [1.82, 2.24) is 19.8 Å². The highest BCUT2D eigenvalue weighted by Crippen LogP contribution is 2.47. The molecule has 6 rings (SSSR count). The molecule has 5 nitrogen and oxygen atoms in total. The predicted molar refractivity (Wildman–Crippen MR) is 102 cm³/mol. The van der Waals surface area contributed by atoms with Crippen molar-refractivity contribution in [2.75, 3.05) is 13.1 Å². The quantitative estimate of drug-likeness (QED) is 0.918. The second kappa shape index (κ2) is 6.29. The van der Waals surface area contributed by atoms with E-state index in [0.29, 0.717) is 12.6 Å². The van der Waals surface area contributed by atoms with E-state index < -0.39 is 0 Å². The first kappa shape index (κ1) is 16.2. The van der Waals surface area contributed by atoms with Gasteiger partial charge in [-0.1, -0.05) is 12.1 Å². The van der Waals surface area contributed by atoms with E-state index in [0.717, 1.165) is 47.7 Å². The lowest BCUT2D eigenvalue weighted by molar-refractivity contribution is 0.131. The Morgan fingerprint density at radius 2 is 1.85 bits per heavy atom. The van der Waals surface area contributed by atoms with Crippen LogP contribution in [0.1, 0.15) is 37.9 Å². The number of hydrogen-bond donors (Lipinski definition) is 1. The maximum Gasteiger partial charge on any atom is 0.317 e. The van der Waals surface area contributed by atoms with Gasteiger partial charge in [-0.25, -0.2) is 9.78 Å². The summed E-state index contributed by atoms with van der Waals surface area (Å²) in [4.78, 5) is 19.7. The maximum absolute atomic E-state index is 12.9. The summed E-state index contributed by atoms with van der Waals surface area (Å²) in [5, 5.41) is 3.19. The number of aryl methyl sites for hydroxylation is 1. The zero-order chi connectivity index (χ0) is 17.7. The zero-order valence-electron chi connectivity index (χ0n) is 15.5. The van der Waals surface area contributed by atoms with E-state index in [-0.39, 0.29) is 6.03 Å². The van der Waals surface area contributed by atoms with Gasteiger partial charge in [-0.3, -0.25) is 0 Å². The number of amides is 2. The Balaban J connectivity index is 1.24. The van der Waals surface area contributed by atoms with Crippen LogP contribution >= 0.6 is 0 Å². The molecule has 2 atom stereocenters. The molecule has 5 heteroatoms. The summed E-state index contributed by atoms with van der Waals surface area (Å²) >= 11 is 0. The Kier molecular flexibility index (Phi) is 3.91. The zero-order valence-corrected chi connectivity index (χ0v) is 15.5. The maximum atomic E-state index is 12.9. The molecule has 2 amide bonds. The number of carbonyl (C=O) groups excluding carboxylic acids is 1. The first-order valence-corrected chi connectivity index (χ1v) is 10.1. The third-order valence-electron chi connectivity index (χ3n) is 6.82. The number of fused-ring (bicyclic) bond motifs is 2. The molecule has 2 saturated heterocycles. The number of benzene rings is 1. The Morgan fingerprint density at radius 1 is 1.12 bits per heavy atom. The Morgan fingerprint density at radius 3 is 2.65 bits per heavy atom. The highest BCUT2D eigenvalue weighted by molar-refractivity contribution is 5.76. The fourth-order valence-electron chi connectivity index (χ4n) is 5.89. The smallest absolute Gasteiger partial charge is 0.317 e. The summed E-state index contributed by atoms with van der Waals surface area (Å²) in [5.74, 6) is 3.48. The van der Waals surface area contributed by atoms with Crippen molar-refractivity contribution in [3.05, 3.63) is 30.1 Å². The summed E-state index contributed by atoms with van der Waals surface area (Å²) in [7, 11) is 0. The molecule has 2 saturated carbocycles. The minimum Gasteiger partial charge on any atom is -0.336 e. The van der Waals surface area contributed by atoms with Crippen molar-refractivity contribution in [2.45, 2.75) is 51.6 Å². The average Bonchev–Trinajstić information content (AvgIpc) is 2.80. The molecule has 26 heavy (non-hydrogen) atoms. The van der Waals surface area contributed by atoms with Crippen LogP contribution in [-0.2, 0) is 6.54 Å². The molecule has 2 aliphatic heterocycles. The van der Waals surface area contributed by atoms with Crippen molar-refractivity contribution >= 4 is 17.1 Å². The van der Waals surface area contributed by atoms with Gasteiger partial charge in [-0.2, -0.15) is 0 Å². The van der Waals surface area contributed by atoms with E-state index >= 15 is 0 Å². The molecule has 1 aromatic heterocycles. The van der Waals surface area contributed by atoms with Crippen molar-refractivity contribution < 1.29 is 4.79 Å². The fourth-order valence-corrected chi connectivity index (χ4v) is 5.89. The molecule has 2 aliphatic carbocycles. The molecule has 138 valence electrons. The molecule has 0 spiro atoms. The van der Waals surface area contributed by atoms with Gasteiger partial charge in [0.2, 0.25) is 0 Å². The van der Waals surface area contributed by atoms with Crippen LogP contribution < -0.4 is 5.32 Å². The highest BCUT2D eigenvalue weighted by Gasteiger charge is 2.43. The van der Waals surface area contributed by atoms with Gasteiger partial charge in [0.25, 0.3) is 0 Å². The number of hydrogen-bond acceptors (Lipinski definition) is 2. The lowest BCUT2D eigenvalue weighted by Gasteiger charge is -2.38. The van der Waals surface area contributed by atoms with Gasteiger partial charge in [-0.05, 0) is 68.9 Å². The number of rotatable bonds is 3. The van der Waals surface area contributed by atoms with Gasteiger partial charge in [0, 0.05) is 25.7 Å². The van der Waals surface area contributed by atoms with Crippen LogP contribution in [0, 0.1) is 24.7 Å². The summed E-state index contributed by atoms with van der Waals surface area (Å²) in [6.07, 6.45) is 6.56. The first-order valence-electron chi connectivity index (χ1n) is 10.1. The summed E-state index contributed by atoms with van der Waals surface area (Å²) in [6.45, 7) is 4.43. The SMILES string of the molecule is Cc1nc2ccccc2n1CCNC(=O)N1CC2CC3CC(C2)CC1C3. The van der Waals surface area contributed by atoms with Crippen LogP contribution in [0.2, 0.25) is 0 Å². The second-order valence-corrected chi connectivity index (χ2v) is 8.61.